The molecule has 4 rings (SSSR count). The molecule has 0 spiro atoms. The summed E-state index contributed by atoms with van der Waals surface area (Å²) in [5.41, 5.74) is 0.888. The molecular weight excluding hydrogens is 395 g/mol. The third-order valence-corrected chi connectivity index (χ3v) is 5.89. The second-order valence-corrected chi connectivity index (χ2v) is 8.66. The lowest BCUT2D eigenvalue weighted by Gasteiger charge is -2.19. The van der Waals surface area contributed by atoms with E-state index in [0.29, 0.717) is 29.1 Å². The average Bonchev–Trinajstić information content (AvgIpc) is 3.10. The maximum absolute atomic E-state index is 13.2. The lowest BCUT2D eigenvalue weighted by atomic mass is 10.0. The Hall–Kier alpha value is -2.90. The number of pyridine rings is 1. The monoisotopic (exact) mass is 417 g/mol. The Labute approximate surface area is 171 Å². The van der Waals surface area contributed by atoms with E-state index in [1.54, 1.807) is 18.9 Å². The first-order valence-electron chi connectivity index (χ1n) is 9.67. The molecule has 0 N–H and O–H groups in total. The van der Waals surface area contributed by atoms with Crippen LogP contribution in [0.15, 0.2) is 34.9 Å². The van der Waals surface area contributed by atoms with Crippen molar-refractivity contribution in [1.82, 2.24) is 15.0 Å². The highest BCUT2D eigenvalue weighted by Crippen LogP contribution is 2.51. The summed E-state index contributed by atoms with van der Waals surface area (Å²) >= 11 is 0. The number of hydrogen-bond donors (Lipinski definition) is 0. The van der Waals surface area contributed by atoms with Crippen molar-refractivity contribution in [2.75, 3.05) is 13.6 Å². The second kappa shape index (κ2) is 6.82. The standard InChI is InChI=1S/C22H22F3N3O2/c1-12-18-16(20(29)28(4)11-15-10-21(15,2)3)9-17(26-19(18)30-27-12)13-6-5-7-14(8-13)22(23,24)25/h5-9,15H,10-11H2,1-4H3. The van der Waals surface area contributed by atoms with Gasteiger partial charge in [0.15, 0.2) is 0 Å². The number of nitrogens with zero attached hydrogens (tertiary/aromatic N) is 3. The molecule has 1 fully saturated rings. The van der Waals surface area contributed by atoms with E-state index in [4.69, 9.17) is 4.52 Å². The van der Waals surface area contributed by atoms with Crippen molar-refractivity contribution < 1.29 is 22.5 Å². The van der Waals surface area contributed by atoms with Crippen LogP contribution in [0.5, 0.6) is 0 Å². The van der Waals surface area contributed by atoms with Crippen LogP contribution in [0.1, 0.15) is 41.9 Å². The molecule has 5 nitrogen and oxygen atoms in total. The smallest absolute Gasteiger partial charge is 0.341 e. The molecule has 2 aromatic heterocycles. The van der Waals surface area contributed by atoms with Crippen molar-refractivity contribution in [2.24, 2.45) is 11.3 Å². The van der Waals surface area contributed by atoms with Crippen LogP contribution in [0.2, 0.25) is 0 Å². The van der Waals surface area contributed by atoms with E-state index in [0.717, 1.165) is 18.6 Å². The van der Waals surface area contributed by atoms with Crippen LogP contribution in [0.4, 0.5) is 13.2 Å². The molecule has 1 saturated carbocycles. The number of alkyl halides is 3. The molecule has 0 saturated heterocycles. The van der Waals surface area contributed by atoms with Gasteiger partial charge in [-0.15, -0.1) is 0 Å². The van der Waals surface area contributed by atoms with E-state index in [-0.39, 0.29) is 28.3 Å². The summed E-state index contributed by atoms with van der Waals surface area (Å²) in [4.78, 5) is 19.2. The molecule has 30 heavy (non-hydrogen) atoms. The van der Waals surface area contributed by atoms with Crippen molar-refractivity contribution in [3.63, 3.8) is 0 Å². The van der Waals surface area contributed by atoms with Gasteiger partial charge in [-0.2, -0.15) is 13.2 Å². The molecule has 0 aliphatic heterocycles. The van der Waals surface area contributed by atoms with Crippen molar-refractivity contribution in [2.45, 2.75) is 33.4 Å². The van der Waals surface area contributed by atoms with Crippen LogP contribution < -0.4 is 0 Å². The Morgan fingerprint density at radius 1 is 1.30 bits per heavy atom. The van der Waals surface area contributed by atoms with E-state index in [1.807, 2.05) is 0 Å². The summed E-state index contributed by atoms with van der Waals surface area (Å²) in [7, 11) is 1.73. The number of rotatable bonds is 4. The third kappa shape index (κ3) is 3.66. The Balaban J connectivity index is 1.76. The zero-order chi connectivity index (χ0) is 21.8. The van der Waals surface area contributed by atoms with Crippen LogP contribution in [0.25, 0.3) is 22.4 Å². The van der Waals surface area contributed by atoms with E-state index >= 15 is 0 Å². The van der Waals surface area contributed by atoms with Gasteiger partial charge in [0.1, 0.15) is 0 Å². The first-order valence-corrected chi connectivity index (χ1v) is 9.67. The van der Waals surface area contributed by atoms with Crippen LogP contribution in [0.3, 0.4) is 0 Å². The van der Waals surface area contributed by atoms with Crippen molar-refractivity contribution in [3.8, 4) is 11.3 Å². The van der Waals surface area contributed by atoms with Crippen molar-refractivity contribution >= 4 is 17.0 Å². The molecule has 158 valence electrons. The van der Waals surface area contributed by atoms with Gasteiger partial charge in [-0.1, -0.05) is 31.1 Å². The molecule has 1 atom stereocenters. The minimum Gasteiger partial charge on any atom is -0.341 e. The van der Waals surface area contributed by atoms with Gasteiger partial charge < -0.3 is 9.42 Å². The summed E-state index contributed by atoms with van der Waals surface area (Å²) in [5.74, 6) is 0.194. The average molecular weight is 417 g/mol. The van der Waals surface area contributed by atoms with Crippen LogP contribution >= 0.6 is 0 Å². The largest absolute Gasteiger partial charge is 0.416 e. The maximum Gasteiger partial charge on any atom is 0.416 e. The number of benzene rings is 1. The summed E-state index contributed by atoms with van der Waals surface area (Å²) < 4.78 is 44.7. The molecular formula is C22H22F3N3O2. The summed E-state index contributed by atoms with van der Waals surface area (Å²) in [6, 6.07) is 6.38. The molecule has 2 heterocycles. The van der Waals surface area contributed by atoms with Gasteiger partial charge in [-0.05, 0) is 42.9 Å². The van der Waals surface area contributed by atoms with Crippen LogP contribution in [-0.2, 0) is 6.18 Å². The van der Waals surface area contributed by atoms with Gasteiger partial charge in [0.25, 0.3) is 11.6 Å². The lowest BCUT2D eigenvalue weighted by molar-refractivity contribution is -0.137. The fourth-order valence-corrected chi connectivity index (χ4v) is 3.77. The first kappa shape index (κ1) is 20.4. The highest BCUT2D eigenvalue weighted by molar-refractivity contribution is 6.06. The summed E-state index contributed by atoms with van der Waals surface area (Å²) in [6.45, 7) is 6.64. The molecule has 1 aliphatic carbocycles. The second-order valence-electron chi connectivity index (χ2n) is 8.66. The Bertz CT molecular complexity index is 1130. The van der Waals surface area contributed by atoms with Crippen molar-refractivity contribution in [1.29, 1.82) is 0 Å². The number of carbonyl (C=O) groups excluding carboxylic acids is 1. The minimum absolute atomic E-state index is 0.130. The Morgan fingerprint density at radius 3 is 2.63 bits per heavy atom. The fourth-order valence-electron chi connectivity index (χ4n) is 3.77. The number of fused-ring (bicyclic) bond motifs is 1. The first-order chi connectivity index (χ1) is 14.0. The SMILES string of the molecule is Cc1noc2nc(-c3cccc(C(F)(F)F)c3)cc(C(=O)N(C)CC3CC3(C)C)c12. The maximum atomic E-state index is 13.2. The zero-order valence-electron chi connectivity index (χ0n) is 17.2. The van der Waals surface area contributed by atoms with Gasteiger partial charge in [-0.25, -0.2) is 4.98 Å². The normalized spacial score (nSPS) is 17.9. The third-order valence-electron chi connectivity index (χ3n) is 5.89. The topological polar surface area (TPSA) is 59.2 Å². The highest BCUT2D eigenvalue weighted by atomic mass is 19.4. The molecule has 0 bridgehead atoms. The quantitative estimate of drug-likeness (QED) is 0.575. The minimum atomic E-state index is -4.47. The van der Waals surface area contributed by atoms with E-state index in [9.17, 15) is 18.0 Å². The number of aryl methyl sites for hydroxylation is 1. The zero-order valence-corrected chi connectivity index (χ0v) is 17.2. The molecule has 3 aromatic rings. The Kier molecular flexibility index (Phi) is 4.63. The van der Waals surface area contributed by atoms with Gasteiger partial charge >= 0.3 is 6.18 Å². The van der Waals surface area contributed by atoms with Gasteiger partial charge in [-0.3, -0.25) is 4.79 Å². The van der Waals surface area contributed by atoms with Gasteiger partial charge in [0.2, 0.25) is 0 Å². The number of carbonyl (C=O) groups is 1. The Morgan fingerprint density at radius 2 is 2.00 bits per heavy atom. The van der Waals surface area contributed by atoms with E-state index in [1.165, 1.54) is 18.2 Å². The predicted molar refractivity (Wildman–Crippen MR) is 106 cm³/mol. The lowest BCUT2D eigenvalue weighted by Crippen LogP contribution is -2.30. The van der Waals surface area contributed by atoms with Gasteiger partial charge in [0, 0.05) is 19.2 Å². The van der Waals surface area contributed by atoms with Crippen LogP contribution in [0, 0.1) is 18.3 Å². The molecule has 1 aliphatic rings. The highest BCUT2D eigenvalue weighted by Gasteiger charge is 2.46. The fraction of sp³-hybridized carbons (Fsp3) is 0.409. The van der Waals surface area contributed by atoms with Crippen LogP contribution in [-0.4, -0.2) is 34.5 Å². The number of aromatic nitrogens is 2. The molecule has 1 aromatic carbocycles. The summed E-state index contributed by atoms with van der Waals surface area (Å²) in [5, 5.41) is 4.38. The predicted octanol–water partition coefficient (Wildman–Crippen LogP) is 5.34. The molecule has 1 amide bonds. The van der Waals surface area contributed by atoms with Gasteiger partial charge in [0.05, 0.1) is 27.9 Å². The number of halogens is 3. The number of amides is 1. The molecule has 8 heteroatoms. The van der Waals surface area contributed by atoms with E-state index in [2.05, 4.69) is 24.0 Å². The molecule has 0 radical (unpaired) electrons. The molecule has 1 unspecified atom stereocenters. The van der Waals surface area contributed by atoms with E-state index < -0.39 is 11.7 Å². The summed E-state index contributed by atoms with van der Waals surface area (Å²) in [6.07, 6.45) is -3.42. The number of hydrogen-bond acceptors (Lipinski definition) is 4. The van der Waals surface area contributed by atoms with Crippen molar-refractivity contribution in [3.05, 3.63) is 47.2 Å².